The number of hydrogen-bond donors (Lipinski definition) is 1. The number of halogens is 1. The summed E-state index contributed by atoms with van der Waals surface area (Å²) in [5, 5.41) is 9.50. The Morgan fingerprint density at radius 2 is 1.90 bits per heavy atom. The highest BCUT2D eigenvalue weighted by Crippen LogP contribution is 2.37. The van der Waals surface area contributed by atoms with Gasteiger partial charge < -0.3 is 19.0 Å². The number of methoxy groups -OCH3 is 2. The summed E-state index contributed by atoms with van der Waals surface area (Å²) in [6, 6.07) is 12.4. The molecule has 0 bridgehead atoms. The predicted molar refractivity (Wildman–Crippen MR) is 150 cm³/mol. The van der Waals surface area contributed by atoms with E-state index in [2.05, 4.69) is 4.99 Å². The number of fused-ring (bicyclic) bond motifs is 1. The highest BCUT2D eigenvalue weighted by atomic mass is 35.5. The van der Waals surface area contributed by atoms with Crippen molar-refractivity contribution in [1.82, 2.24) is 4.57 Å². The average Bonchev–Trinajstić information content (AvgIpc) is 3.51. The lowest BCUT2D eigenvalue weighted by molar-refractivity contribution is -0.114. The monoisotopic (exact) mass is 578 g/mol. The summed E-state index contributed by atoms with van der Waals surface area (Å²) in [5.74, 6) is 0.470. The Morgan fingerprint density at radius 3 is 2.58 bits per heavy atom. The number of thiazole rings is 1. The van der Waals surface area contributed by atoms with Crippen molar-refractivity contribution in [3.8, 4) is 22.8 Å². The molecule has 1 N–H and O–H groups in total. The first kappa shape index (κ1) is 27.2. The van der Waals surface area contributed by atoms with Gasteiger partial charge in [-0.1, -0.05) is 22.9 Å². The maximum atomic E-state index is 13.8. The van der Waals surface area contributed by atoms with Crippen LogP contribution in [0.15, 0.2) is 74.0 Å². The van der Waals surface area contributed by atoms with Gasteiger partial charge in [0.2, 0.25) is 0 Å². The van der Waals surface area contributed by atoms with E-state index in [-0.39, 0.29) is 21.9 Å². The van der Waals surface area contributed by atoms with Crippen molar-refractivity contribution in [2.75, 3.05) is 14.2 Å². The second-order valence-electron chi connectivity index (χ2n) is 8.95. The standard InChI is InChI=1S/C29H23ClN2O7S/c1-14-25(15(2)33)26(19-8-6-17(37-3)12-23(19)38-4)32-27(34)24(40-29(32)31-14)13-18-7-10-22(39-18)16-5-9-21(30)20(11-16)28(35)36/h5-13,26H,1-4H3,(H,35,36)/b24-13-. The summed E-state index contributed by atoms with van der Waals surface area (Å²) in [7, 11) is 3.06. The van der Waals surface area contributed by atoms with Crippen molar-refractivity contribution >= 4 is 40.8 Å². The first-order chi connectivity index (χ1) is 19.1. The Kier molecular flexibility index (Phi) is 7.22. The fourth-order valence-electron chi connectivity index (χ4n) is 4.67. The molecule has 1 unspecified atom stereocenters. The maximum Gasteiger partial charge on any atom is 0.337 e. The number of carbonyl (C=O) groups excluding carboxylic acids is 1. The van der Waals surface area contributed by atoms with Crippen molar-refractivity contribution < 1.29 is 28.6 Å². The third kappa shape index (κ3) is 4.76. The maximum absolute atomic E-state index is 13.8. The van der Waals surface area contributed by atoms with Gasteiger partial charge in [0.25, 0.3) is 5.56 Å². The van der Waals surface area contributed by atoms with Crippen LogP contribution in [-0.2, 0) is 4.79 Å². The van der Waals surface area contributed by atoms with Gasteiger partial charge in [0.05, 0.1) is 35.4 Å². The zero-order valence-corrected chi connectivity index (χ0v) is 23.4. The van der Waals surface area contributed by atoms with Crippen molar-refractivity contribution in [2.45, 2.75) is 19.9 Å². The zero-order chi connectivity index (χ0) is 28.7. The molecule has 3 heterocycles. The fraction of sp³-hybridized carbons (Fsp3) is 0.172. The quantitative estimate of drug-likeness (QED) is 0.344. The molecule has 0 saturated carbocycles. The fourth-order valence-corrected chi connectivity index (χ4v) is 5.89. The summed E-state index contributed by atoms with van der Waals surface area (Å²) >= 11 is 7.16. The Bertz CT molecular complexity index is 1900. The van der Waals surface area contributed by atoms with E-state index in [1.807, 2.05) is 0 Å². The van der Waals surface area contributed by atoms with E-state index in [9.17, 15) is 19.5 Å². The average molecular weight is 579 g/mol. The second-order valence-corrected chi connectivity index (χ2v) is 10.4. The number of hydrogen-bond acceptors (Lipinski definition) is 8. The Labute approximate surface area is 236 Å². The Hall–Kier alpha value is -4.41. The van der Waals surface area contributed by atoms with Crippen molar-refractivity contribution in [3.05, 3.63) is 101 Å². The van der Waals surface area contributed by atoms with Crippen LogP contribution in [-0.4, -0.2) is 35.6 Å². The van der Waals surface area contributed by atoms with Crippen LogP contribution in [0.3, 0.4) is 0 Å². The van der Waals surface area contributed by atoms with E-state index >= 15 is 0 Å². The van der Waals surface area contributed by atoms with E-state index in [1.165, 1.54) is 42.1 Å². The number of rotatable bonds is 7. The van der Waals surface area contributed by atoms with Crippen LogP contribution < -0.4 is 24.4 Å². The van der Waals surface area contributed by atoms with E-state index in [4.69, 9.17) is 25.5 Å². The van der Waals surface area contributed by atoms with Crippen LogP contribution in [0.5, 0.6) is 11.5 Å². The summed E-state index contributed by atoms with van der Waals surface area (Å²) in [5.41, 5.74) is 1.65. The first-order valence-electron chi connectivity index (χ1n) is 12.0. The zero-order valence-electron chi connectivity index (χ0n) is 21.9. The molecule has 0 radical (unpaired) electrons. The van der Waals surface area contributed by atoms with Gasteiger partial charge in [-0.15, -0.1) is 0 Å². The molecule has 2 aromatic carbocycles. The van der Waals surface area contributed by atoms with Gasteiger partial charge in [0, 0.05) is 34.5 Å². The van der Waals surface area contributed by atoms with Crippen LogP contribution in [0.1, 0.15) is 41.6 Å². The number of ketones is 1. The minimum Gasteiger partial charge on any atom is -0.497 e. The van der Waals surface area contributed by atoms with Gasteiger partial charge in [-0.2, -0.15) is 0 Å². The lowest BCUT2D eigenvalue weighted by atomic mass is 9.92. The van der Waals surface area contributed by atoms with Crippen LogP contribution in [0.2, 0.25) is 5.02 Å². The molecule has 4 aromatic rings. The van der Waals surface area contributed by atoms with Gasteiger partial charge in [-0.05, 0) is 56.3 Å². The lowest BCUT2D eigenvalue weighted by Crippen LogP contribution is -2.39. The molecule has 0 amide bonds. The molecule has 11 heteroatoms. The molecule has 0 aliphatic carbocycles. The number of carboxylic acids is 1. The largest absolute Gasteiger partial charge is 0.497 e. The third-order valence-corrected chi connectivity index (χ3v) is 7.83. The molecule has 1 aliphatic rings. The predicted octanol–water partition coefficient (Wildman–Crippen LogP) is 4.45. The summed E-state index contributed by atoms with van der Waals surface area (Å²) < 4.78 is 18.7. The van der Waals surface area contributed by atoms with Gasteiger partial charge in [0.15, 0.2) is 10.6 Å². The number of benzene rings is 2. The topological polar surface area (TPSA) is 120 Å². The van der Waals surface area contributed by atoms with Crippen LogP contribution in [0, 0.1) is 0 Å². The van der Waals surface area contributed by atoms with E-state index < -0.39 is 12.0 Å². The van der Waals surface area contributed by atoms with Gasteiger partial charge in [-0.25, -0.2) is 9.79 Å². The molecule has 40 heavy (non-hydrogen) atoms. The van der Waals surface area contributed by atoms with Gasteiger partial charge >= 0.3 is 5.97 Å². The number of ether oxygens (including phenoxy) is 2. The summed E-state index contributed by atoms with van der Waals surface area (Å²) in [6.07, 6.45) is 1.59. The number of allylic oxidation sites excluding steroid dienone is 2. The molecule has 1 aliphatic heterocycles. The number of aromatic nitrogens is 1. The summed E-state index contributed by atoms with van der Waals surface area (Å²) in [6.45, 7) is 3.19. The van der Waals surface area contributed by atoms with Crippen molar-refractivity contribution in [1.29, 1.82) is 0 Å². The van der Waals surface area contributed by atoms with E-state index in [0.717, 1.165) is 0 Å². The number of carbonyl (C=O) groups is 2. The van der Waals surface area contributed by atoms with Gasteiger partial charge in [-0.3, -0.25) is 14.2 Å². The van der Waals surface area contributed by atoms with Crippen LogP contribution >= 0.6 is 22.9 Å². The van der Waals surface area contributed by atoms with Crippen LogP contribution in [0.4, 0.5) is 0 Å². The number of carboxylic acid groups (broad SMARTS) is 1. The molecular formula is C29H23ClN2O7S. The Balaban J connectivity index is 1.64. The highest BCUT2D eigenvalue weighted by Gasteiger charge is 2.32. The number of furan rings is 1. The SMILES string of the molecule is COc1ccc(C2C(C(C)=O)=C(C)N=c3s/c(=C\c4ccc(-c5ccc(Cl)c(C(=O)O)c5)o4)c(=O)n32)c(OC)c1. The molecule has 0 saturated heterocycles. The molecule has 1 atom stereocenters. The lowest BCUT2D eigenvalue weighted by Gasteiger charge is -2.26. The highest BCUT2D eigenvalue weighted by molar-refractivity contribution is 7.07. The van der Waals surface area contributed by atoms with Crippen LogP contribution in [0.25, 0.3) is 17.4 Å². The first-order valence-corrected chi connectivity index (χ1v) is 13.2. The molecule has 2 aromatic heterocycles. The molecule has 0 fully saturated rings. The molecule has 9 nitrogen and oxygen atoms in total. The number of aromatic carboxylic acids is 1. The van der Waals surface area contributed by atoms with E-state index in [0.29, 0.717) is 54.8 Å². The molecule has 5 rings (SSSR count). The minimum absolute atomic E-state index is 0.0453. The van der Waals surface area contributed by atoms with E-state index in [1.54, 1.807) is 56.5 Å². The number of nitrogens with zero attached hydrogens (tertiary/aromatic N) is 2. The number of Topliss-reactive ketones (excluding diaryl/α,β-unsaturated/α-hetero) is 1. The third-order valence-electron chi connectivity index (χ3n) is 6.52. The summed E-state index contributed by atoms with van der Waals surface area (Å²) in [4.78, 5) is 43.1. The molecule has 0 spiro atoms. The van der Waals surface area contributed by atoms with Gasteiger partial charge in [0.1, 0.15) is 23.0 Å². The minimum atomic E-state index is -1.15. The smallest absolute Gasteiger partial charge is 0.337 e. The molecular weight excluding hydrogens is 556 g/mol. The second kappa shape index (κ2) is 10.6. The normalized spacial score (nSPS) is 15.0. The van der Waals surface area contributed by atoms with Crippen molar-refractivity contribution in [3.63, 3.8) is 0 Å². The van der Waals surface area contributed by atoms with Crippen molar-refractivity contribution in [2.24, 2.45) is 4.99 Å². The Morgan fingerprint density at radius 1 is 1.12 bits per heavy atom. The molecule has 204 valence electrons.